The summed E-state index contributed by atoms with van der Waals surface area (Å²) in [6.45, 7) is 4.55. The average Bonchev–Trinajstić information content (AvgIpc) is 3.12. The predicted octanol–water partition coefficient (Wildman–Crippen LogP) is 3.19. The van der Waals surface area contributed by atoms with Crippen molar-refractivity contribution in [3.63, 3.8) is 0 Å². The lowest BCUT2D eigenvalue weighted by molar-refractivity contribution is -0.122. The molecular formula is C22H25BrN4O2. The highest BCUT2D eigenvalue weighted by Gasteiger charge is 2.35. The molecule has 0 aromatic heterocycles. The van der Waals surface area contributed by atoms with Crippen LogP contribution in [0.1, 0.15) is 6.42 Å². The largest absolute Gasteiger partial charge is 0.369 e. The van der Waals surface area contributed by atoms with Crippen molar-refractivity contribution in [2.45, 2.75) is 6.42 Å². The molecule has 0 radical (unpaired) electrons. The average molecular weight is 457 g/mol. The minimum absolute atomic E-state index is 0.0158. The van der Waals surface area contributed by atoms with E-state index in [-0.39, 0.29) is 24.2 Å². The highest BCUT2D eigenvalue weighted by atomic mass is 79.9. The van der Waals surface area contributed by atoms with Gasteiger partial charge in [-0.1, -0.05) is 15.9 Å². The van der Waals surface area contributed by atoms with E-state index in [0.717, 1.165) is 42.0 Å². The summed E-state index contributed by atoms with van der Waals surface area (Å²) in [4.78, 5) is 31.5. The maximum atomic E-state index is 12.7. The second kappa shape index (κ2) is 8.55. The zero-order valence-electron chi connectivity index (χ0n) is 16.5. The first kappa shape index (κ1) is 19.9. The number of nitrogens with zero attached hydrogens (tertiary/aromatic N) is 3. The van der Waals surface area contributed by atoms with Crippen LogP contribution in [-0.2, 0) is 9.59 Å². The van der Waals surface area contributed by atoms with Crippen LogP contribution in [0.3, 0.4) is 0 Å². The molecule has 1 atom stereocenters. The summed E-state index contributed by atoms with van der Waals surface area (Å²) in [5.41, 5.74) is 2.76. The molecule has 2 saturated heterocycles. The van der Waals surface area contributed by atoms with Gasteiger partial charge in [-0.3, -0.25) is 9.59 Å². The van der Waals surface area contributed by atoms with Crippen LogP contribution in [0.5, 0.6) is 0 Å². The molecule has 0 spiro atoms. The van der Waals surface area contributed by atoms with Crippen LogP contribution in [-0.4, -0.2) is 56.5 Å². The number of nitrogens with one attached hydrogen (secondary N) is 1. The van der Waals surface area contributed by atoms with Gasteiger partial charge in [-0.15, -0.1) is 0 Å². The Hall–Kier alpha value is -2.38. The zero-order chi connectivity index (χ0) is 20.4. The Balaban J connectivity index is 1.35. The predicted molar refractivity (Wildman–Crippen MR) is 119 cm³/mol. The van der Waals surface area contributed by atoms with Gasteiger partial charge in [-0.05, 0) is 55.6 Å². The van der Waals surface area contributed by atoms with Crippen LogP contribution in [0.25, 0.3) is 0 Å². The van der Waals surface area contributed by atoms with E-state index in [4.69, 9.17) is 0 Å². The fourth-order valence-corrected chi connectivity index (χ4v) is 4.08. The molecule has 2 heterocycles. The Kier molecular flexibility index (Phi) is 5.87. The van der Waals surface area contributed by atoms with Crippen molar-refractivity contribution < 1.29 is 9.59 Å². The van der Waals surface area contributed by atoms with Crippen molar-refractivity contribution in [1.29, 1.82) is 0 Å². The third-order valence-electron chi connectivity index (χ3n) is 5.64. The van der Waals surface area contributed by atoms with E-state index in [1.807, 2.05) is 36.4 Å². The standard InChI is InChI=1S/C22H25BrN4O2/c1-25-10-12-26(13-11-25)19-8-4-18(5-9-19)24-22(29)16-14-21(28)27(15-16)20-6-2-17(23)3-7-20/h2-9,16H,10-15H2,1H3,(H,24,29)/t16-/m1/s1. The normalized spacial score (nSPS) is 20.2. The molecule has 6 nitrogen and oxygen atoms in total. The lowest BCUT2D eigenvalue weighted by Crippen LogP contribution is -2.44. The summed E-state index contributed by atoms with van der Waals surface area (Å²) in [6, 6.07) is 15.6. The summed E-state index contributed by atoms with van der Waals surface area (Å²) in [5, 5.41) is 2.97. The van der Waals surface area contributed by atoms with Gasteiger partial charge in [0.05, 0.1) is 5.92 Å². The first-order valence-electron chi connectivity index (χ1n) is 9.90. The number of carbonyl (C=O) groups is 2. The minimum Gasteiger partial charge on any atom is -0.369 e. The van der Waals surface area contributed by atoms with Crippen molar-refractivity contribution in [3.05, 3.63) is 53.0 Å². The number of hydrogen-bond donors (Lipinski definition) is 1. The number of anilines is 3. The van der Waals surface area contributed by atoms with Gasteiger partial charge >= 0.3 is 0 Å². The van der Waals surface area contributed by atoms with Gasteiger partial charge in [0, 0.05) is 60.7 Å². The Labute approximate surface area is 179 Å². The number of piperazine rings is 1. The van der Waals surface area contributed by atoms with Gasteiger partial charge in [0.1, 0.15) is 0 Å². The van der Waals surface area contributed by atoms with Gasteiger partial charge in [-0.2, -0.15) is 0 Å². The van der Waals surface area contributed by atoms with Crippen LogP contribution < -0.4 is 15.1 Å². The molecule has 152 valence electrons. The first-order valence-corrected chi connectivity index (χ1v) is 10.7. The second-order valence-corrected chi connectivity index (χ2v) is 8.62. The monoisotopic (exact) mass is 456 g/mol. The summed E-state index contributed by atoms with van der Waals surface area (Å²) in [7, 11) is 2.14. The number of benzene rings is 2. The van der Waals surface area contributed by atoms with Gasteiger partial charge in [0.25, 0.3) is 0 Å². The highest BCUT2D eigenvalue weighted by Crippen LogP contribution is 2.27. The molecule has 0 aliphatic carbocycles. The van der Waals surface area contributed by atoms with Crippen molar-refractivity contribution in [3.8, 4) is 0 Å². The third kappa shape index (κ3) is 4.62. The van der Waals surface area contributed by atoms with E-state index in [9.17, 15) is 9.59 Å². The van der Waals surface area contributed by atoms with Gasteiger partial charge < -0.3 is 20.0 Å². The molecule has 2 aliphatic heterocycles. The van der Waals surface area contributed by atoms with Crippen molar-refractivity contribution in [2.24, 2.45) is 5.92 Å². The smallest absolute Gasteiger partial charge is 0.229 e. The van der Waals surface area contributed by atoms with E-state index in [0.29, 0.717) is 6.54 Å². The summed E-state index contributed by atoms with van der Waals surface area (Å²) >= 11 is 3.40. The molecule has 1 N–H and O–H groups in total. The van der Waals surface area contributed by atoms with E-state index in [1.54, 1.807) is 4.90 Å². The highest BCUT2D eigenvalue weighted by molar-refractivity contribution is 9.10. The molecule has 29 heavy (non-hydrogen) atoms. The number of amides is 2. The lowest BCUT2D eigenvalue weighted by atomic mass is 10.1. The molecule has 2 fully saturated rings. The summed E-state index contributed by atoms with van der Waals surface area (Å²) in [6.07, 6.45) is 0.237. The number of carbonyl (C=O) groups excluding carboxylic acids is 2. The second-order valence-electron chi connectivity index (χ2n) is 7.71. The third-order valence-corrected chi connectivity index (χ3v) is 6.17. The van der Waals surface area contributed by atoms with Crippen LogP contribution >= 0.6 is 15.9 Å². The van der Waals surface area contributed by atoms with Gasteiger partial charge in [0.2, 0.25) is 11.8 Å². The minimum atomic E-state index is -0.344. The Morgan fingerprint density at radius 3 is 2.24 bits per heavy atom. The van der Waals surface area contributed by atoms with Crippen molar-refractivity contribution in [1.82, 2.24) is 4.90 Å². The quantitative estimate of drug-likeness (QED) is 0.767. The van der Waals surface area contributed by atoms with Crippen LogP contribution in [0.4, 0.5) is 17.1 Å². The van der Waals surface area contributed by atoms with Crippen LogP contribution in [0.15, 0.2) is 53.0 Å². The zero-order valence-corrected chi connectivity index (χ0v) is 18.1. The van der Waals surface area contributed by atoms with Gasteiger partial charge in [0.15, 0.2) is 0 Å². The fraction of sp³-hybridized carbons (Fsp3) is 0.364. The van der Waals surface area contributed by atoms with Crippen LogP contribution in [0.2, 0.25) is 0 Å². The van der Waals surface area contributed by atoms with Crippen molar-refractivity contribution in [2.75, 3.05) is 54.9 Å². The maximum absolute atomic E-state index is 12.7. The van der Waals surface area contributed by atoms with Gasteiger partial charge in [-0.25, -0.2) is 0 Å². The van der Waals surface area contributed by atoms with E-state index in [2.05, 4.69) is 50.2 Å². The molecule has 2 aromatic rings. The van der Waals surface area contributed by atoms with E-state index < -0.39 is 0 Å². The Morgan fingerprint density at radius 1 is 0.966 bits per heavy atom. The Bertz CT molecular complexity index is 877. The van der Waals surface area contributed by atoms with Crippen molar-refractivity contribution >= 4 is 44.8 Å². The summed E-state index contributed by atoms with van der Waals surface area (Å²) < 4.78 is 0.960. The molecule has 0 unspecified atom stereocenters. The van der Waals surface area contributed by atoms with Crippen LogP contribution in [0, 0.1) is 5.92 Å². The topological polar surface area (TPSA) is 55.9 Å². The Morgan fingerprint density at radius 2 is 1.59 bits per heavy atom. The fourth-order valence-electron chi connectivity index (χ4n) is 3.82. The maximum Gasteiger partial charge on any atom is 0.229 e. The molecule has 4 rings (SSSR count). The molecule has 2 aromatic carbocycles. The first-order chi connectivity index (χ1) is 14.0. The number of hydrogen-bond acceptors (Lipinski definition) is 4. The SMILES string of the molecule is CN1CCN(c2ccc(NC(=O)[C@@H]3CC(=O)N(c4ccc(Br)cc4)C3)cc2)CC1. The number of rotatable bonds is 4. The van der Waals surface area contributed by atoms with E-state index in [1.165, 1.54) is 5.69 Å². The number of halogens is 1. The molecule has 0 bridgehead atoms. The molecule has 7 heteroatoms. The van der Waals surface area contributed by atoms with E-state index >= 15 is 0 Å². The summed E-state index contributed by atoms with van der Waals surface area (Å²) in [5.74, 6) is -0.466. The number of likely N-dealkylation sites (N-methyl/N-ethyl adjacent to an activating group) is 1. The molecule has 0 saturated carbocycles. The lowest BCUT2D eigenvalue weighted by Gasteiger charge is -2.34. The molecule has 2 amide bonds. The molecular weight excluding hydrogens is 432 g/mol. The molecule has 2 aliphatic rings.